The van der Waals surface area contributed by atoms with Gasteiger partial charge < -0.3 is 4.90 Å². The number of amides is 1. The van der Waals surface area contributed by atoms with Crippen molar-refractivity contribution in [3.05, 3.63) is 59.8 Å². The minimum atomic E-state index is -0.102. The highest BCUT2D eigenvalue weighted by Gasteiger charge is 2.15. The predicted molar refractivity (Wildman–Crippen MR) is 87.3 cm³/mol. The third-order valence-electron chi connectivity index (χ3n) is 3.57. The molecule has 0 fully saturated rings. The summed E-state index contributed by atoms with van der Waals surface area (Å²) in [4.78, 5) is 13.9. The SMILES string of the molecule is C=CC(=O)N(Cc1cccc2ccsc12)Cc1cnnn1C. The Hall–Kier alpha value is -2.47. The summed E-state index contributed by atoms with van der Waals surface area (Å²) >= 11 is 1.69. The summed E-state index contributed by atoms with van der Waals surface area (Å²) in [7, 11) is 1.82. The van der Waals surface area contributed by atoms with E-state index in [-0.39, 0.29) is 5.91 Å². The minimum Gasteiger partial charge on any atom is -0.329 e. The second kappa shape index (κ2) is 6.11. The smallest absolute Gasteiger partial charge is 0.246 e. The molecule has 0 aliphatic rings. The van der Waals surface area contributed by atoms with Crippen molar-refractivity contribution in [2.45, 2.75) is 13.1 Å². The number of hydrogen-bond donors (Lipinski definition) is 0. The summed E-state index contributed by atoms with van der Waals surface area (Å²) in [6.07, 6.45) is 3.02. The zero-order valence-electron chi connectivity index (χ0n) is 12.3. The summed E-state index contributed by atoms with van der Waals surface area (Å²) in [5.74, 6) is -0.102. The predicted octanol–water partition coefficient (Wildman–Crippen LogP) is 2.74. The van der Waals surface area contributed by atoms with E-state index in [1.165, 1.54) is 16.2 Å². The van der Waals surface area contributed by atoms with Gasteiger partial charge in [0, 0.05) is 18.3 Å². The number of fused-ring (bicyclic) bond motifs is 1. The van der Waals surface area contributed by atoms with Gasteiger partial charge in [-0.2, -0.15) is 0 Å². The van der Waals surface area contributed by atoms with Crippen LogP contribution in [0.3, 0.4) is 0 Å². The first-order valence-electron chi connectivity index (χ1n) is 6.89. The van der Waals surface area contributed by atoms with Gasteiger partial charge in [-0.15, -0.1) is 16.4 Å². The van der Waals surface area contributed by atoms with Crippen LogP contribution in [0.2, 0.25) is 0 Å². The van der Waals surface area contributed by atoms with Gasteiger partial charge in [-0.05, 0) is 28.5 Å². The summed E-state index contributed by atoms with van der Waals surface area (Å²) in [6.45, 7) is 4.59. The number of aromatic nitrogens is 3. The molecule has 3 rings (SSSR count). The second-order valence-corrected chi connectivity index (χ2v) is 5.92. The molecule has 22 heavy (non-hydrogen) atoms. The fraction of sp³-hybridized carbons (Fsp3) is 0.188. The van der Waals surface area contributed by atoms with Crippen LogP contribution in [-0.2, 0) is 24.9 Å². The van der Waals surface area contributed by atoms with Crippen molar-refractivity contribution in [2.24, 2.45) is 7.05 Å². The van der Waals surface area contributed by atoms with Crippen molar-refractivity contribution in [2.75, 3.05) is 0 Å². The number of aryl methyl sites for hydroxylation is 1. The van der Waals surface area contributed by atoms with E-state index in [1.807, 2.05) is 13.1 Å². The number of nitrogens with zero attached hydrogens (tertiary/aromatic N) is 4. The van der Waals surface area contributed by atoms with Gasteiger partial charge in [-0.1, -0.05) is 30.0 Å². The number of rotatable bonds is 5. The lowest BCUT2D eigenvalue weighted by atomic mass is 10.1. The standard InChI is InChI=1S/C16H16N4OS/c1-3-15(21)20(11-14-9-17-18-19(14)2)10-13-6-4-5-12-7-8-22-16(12)13/h3-9H,1,10-11H2,2H3. The molecular formula is C16H16N4OS. The number of carbonyl (C=O) groups excluding carboxylic acids is 1. The van der Waals surface area contributed by atoms with E-state index in [0.29, 0.717) is 13.1 Å². The largest absolute Gasteiger partial charge is 0.329 e. The van der Waals surface area contributed by atoms with Crippen LogP contribution >= 0.6 is 11.3 Å². The highest BCUT2D eigenvalue weighted by molar-refractivity contribution is 7.17. The molecule has 0 aliphatic heterocycles. The molecule has 3 aromatic rings. The monoisotopic (exact) mass is 312 g/mol. The lowest BCUT2D eigenvalue weighted by molar-refractivity contribution is -0.127. The van der Waals surface area contributed by atoms with Gasteiger partial charge in [0.25, 0.3) is 0 Å². The van der Waals surface area contributed by atoms with Crippen molar-refractivity contribution in [3.8, 4) is 0 Å². The second-order valence-electron chi connectivity index (χ2n) is 5.00. The van der Waals surface area contributed by atoms with E-state index in [0.717, 1.165) is 11.3 Å². The van der Waals surface area contributed by atoms with E-state index in [9.17, 15) is 4.79 Å². The van der Waals surface area contributed by atoms with Crippen molar-refractivity contribution in [3.63, 3.8) is 0 Å². The van der Waals surface area contributed by atoms with Gasteiger partial charge in [0.15, 0.2) is 0 Å². The van der Waals surface area contributed by atoms with Crippen LogP contribution in [0.5, 0.6) is 0 Å². The number of hydrogen-bond acceptors (Lipinski definition) is 4. The van der Waals surface area contributed by atoms with E-state index in [2.05, 4.69) is 40.5 Å². The summed E-state index contributed by atoms with van der Waals surface area (Å²) in [5.41, 5.74) is 2.02. The van der Waals surface area contributed by atoms with Crippen molar-refractivity contribution in [1.29, 1.82) is 0 Å². The van der Waals surface area contributed by atoms with Crippen LogP contribution < -0.4 is 0 Å². The third kappa shape index (κ3) is 2.78. The highest BCUT2D eigenvalue weighted by atomic mass is 32.1. The van der Waals surface area contributed by atoms with Gasteiger partial charge in [0.1, 0.15) is 0 Å². The maximum absolute atomic E-state index is 12.2. The average molecular weight is 312 g/mol. The lowest BCUT2D eigenvalue weighted by Gasteiger charge is -2.21. The topological polar surface area (TPSA) is 51.0 Å². The average Bonchev–Trinajstić information content (AvgIpc) is 3.15. The first kappa shape index (κ1) is 14.5. The first-order valence-corrected chi connectivity index (χ1v) is 7.77. The van der Waals surface area contributed by atoms with Gasteiger partial charge in [0.05, 0.1) is 18.4 Å². The fourth-order valence-corrected chi connectivity index (χ4v) is 3.28. The molecule has 1 amide bonds. The molecule has 0 radical (unpaired) electrons. The summed E-state index contributed by atoms with van der Waals surface area (Å²) in [6, 6.07) is 8.25. The number of thiophene rings is 1. The number of benzene rings is 1. The van der Waals surface area contributed by atoms with E-state index >= 15 is 0 Å². The number of carbonyl (C=O) groups is 1. The molecule has 2 heterocycles. The summed E-state index contributed by atoms with van der Waals surface area (Å²) in [5, 5.41) is 11.0. The first-order chi connectivity index (χ1) is 10.7. The Morgan fingerprint density at radius 1 is 1.41 bits per heavy atom. The Balaban J connectivity index is 1.90. The van der Waals surface area contributed by atoms with E-state index in [1.54, 1.807) is 27.1 Å². The minimum absolute atomic E-state index is 0.102. The van der Waals surface area contributed by atoms with Gasteiger partial charge in [0.2, 0.25) is 5.91 Å². The molecule has 1 aromatic carbocycles. The molecule has 0 atom stereocenters. The van der Waals surface area contributed by atoms with Crippen LogP contribution in [0.25, 0.3) is 10.1 Å². The van der Waals surface area contributed by atoms with Crippen molar-refractivity contribution in [1.82, 2.24) is 19.9 Å². The molecule has 0 N–H and O–H groups in total. The molecule has 0 spiro atoms. The Labute approximate surface area is 132 Å². The quantitative estimate of drug-likeness (QED) is 0.681. The Morgan fingerprint density at radius 3 is 3.00 bits per heavy atom. The van der Waals surface area contributed by atoms with E-state index < -0.39 is 0 Å². The highest BCUT2D eigenvalue weighted by Crippen LogP contribution is 2.26. The molecule has 5 nitrogen and oxygen atoms in total. The van der Waals surface area contributed by atoms with Crippen molar-refractivity contribution >= 4 is 27.3 Å². The fourth-order valence-electron chi connectivity index (χ4n) is 2.38. The van der Waals surface area contributed by atoms with Crippen LogP contribution in [0.1, 0.15) is 11.3 Å². The van der Waals surface area contributed by atoms with E-state index in [4.69, 9.17) is 0 Å². The van der Waals surface area contributed by atoms with Gasteiger partial charge in [-0.3, -0.25) is 9.48 Å². The van der Waals surface area contributed by atoms with Crippen LogP contribution in [0.4, 0.5) is 0 Å². The molecule has 0 saturated carbocycles. The van der Waals surface area contributed by atoms with Crippen LogP contribution in [0, 0.1) is 0 Å². The van der Waals surface area contributed by atoms with Crippen LogP contribution in [-0.4, -0.2) is 25.8 Å². The van der Waals surface area contributed by atoms with Gasteiger partial charge in [-0.25, -0.2) is 0 Å². The molecule has 112 valence electrons. The molecular weight excluding hydrogens is 296 g/mol. The molecule has 2 aromatic heterocycles. The van der Waals surface area contributed by atoms with Crippen LogP contribution in [0.15, 0.2) is 48.5 Å². The zero-order chi connectivity index (χ0) is 15.5. The third-order valence-corrected chi connectivity index (χ3v) is 4.57. The molecule has 0 unspecified atom stereocenters. The zero-order valence-corrected chi connectivity index (χ0v) is 13.1. The van der Waals surface area contributed by atoms with Crippen molar-refractivity contribution < 1.29 is 4.79 Å². The Bertz CT molecular complexity index is 820. The molecule has 6 heteroatoms. The maximum atomic E-state index is 12.2. The normalized spacial score (nSPS) is 10.8. The Morgan fingerprint density at radius 2 is 2.27 bits per heavy atom. The molecule has 0 bridgehead atoms. The van der Waals surface area contributed by atoms with Gasteiger partial charge >= 0.3 is 0 Å². The Kier molecular flexibility index (Phi) is 4.02. The summed E-state index contributed by atoms with van der Waals surface area (Å²) < 4.78 is 2.89. The molecule has 0 aliphatic carbocycles. The maximum Gasteiger partial charge on any atom is 0.246 e. The molecule has 0 saturated heterocycles. The lowest BCUT2D eigenvalue weighted by Crippen LogP contribution is -2.29.